The molecule has 1 saturated heterocycles. The van der Waals surface area contributed by atoms with Gasteiger partial charge in [-0.2, -0.15) is 0 Å². The molecule has 1 aromatic heterocycles. The standard InChI is InChI=1S/C24H24F3N3O5/c25-11-18(12-26)35-22-9-19-21(10-20(22)27)30(16-5-7-28(14-31)8-6-16)24(34)29(23(19)33)13-15-1-3-17(32)4-2-15/h1-4,9-10,14,16,18,32H,5-8,11-13H2. The van der Waals surface area contributed by atoms with Gasteiger partial charge < -0.3 is 14.7 Å². The zero-order chi connectivity index (χ0) is 25.1. The lowest BCUT2D eigenvalue weighted by Gasteiger charge is -2.31. The topological polar surface area (TPSA) is 93.8 Å². The van der Waals surface area contributed by atoms with Crippen LogP contribution in [0.2, 0.25) is 0 Å². The molecule has 0 atom stereocenters. The molecule has 1 aliphatic heterocycles. The molecule has 1 aliphatic rings. The summed E-state index contributed by atoms with van der Waals surface area (Å²) >= 11 is 0. The van der Waals surface area contributed by atoms with Gasteiger partial charge in [-0.05, 0) is 36.6 Å². The lowest BCUT2D eigenvalue weighted by molar-refractivity contribution is -0.119. The van der Waals surface area contributed by atoms with Crippen LogP contribution in [0.25, 0.3) is 10.9 Å². The van der Waals surface area contributed by atoms with Crippen LogP contribution >= 0.6 is 0 Å². The Bertz CT molecular complexity index is 1330. The molecule has 2 aromatic carbocycles. The molecule has 1 fully saturated rings. The number of aromatic nitrogens is 2. The minimum absolute atomic E-state index is 0.0199. The van der Waals surface area contributed by atoms with Crippen LogP contribution in [0.5, 0.6) is 11.5 Å². The number of hydrogen-bond acceptors (Lipinski definition) is 5. The number of piperidine rings is 1. The first-order valence-electron chi connectivity index (χ1n) is 11.1. The third-order valence-electron chi connectivity index (χ3n) is 6.15. The van der Waals surface area contributed by atoms with Gasteiger partial charge in [-0.3, -0.25) is 18.7 Å². The Morgan fingerprint density at radius 1 is 1.09 bits per heavy atom. The van der Waals surface area contributed by atoms with Gasteiger partial charge in [-0.1, -0.05) is 12.1 Å². The van der Waals surface area contributed by atoms with Gasteiger partial charge in [0, 0.05) is 25.2 Å². The second kappa shape index (κ2) is 10.2. The molecule has 0 saturated carbocycles. The highest BCUT2D eigenvalue weighted by Crippen LogP contribution is 2.28. The van der Waals surface area contributed by atoms with Gasteiger partial charge >= 0.3 is 5.69 Å². The molecule has 4 rings (SSSR count). The number of carbonyl (C=O) groups excluding carboxylic acids is 1. The van der Waals surface area contributed by atoms with Gasteiger partial charge in [0.1, 0.15) is 19.1 Å². The van der Waals surface area contributed by atoms with Crippen LogP contribution < -0.4 is 16.0 Å². The smallest absolute Gasteiger partial charge is 0.332 e. The first kappa shape index (κ1) is 24.4. The zero-order valence-corrected chi connectivity index (χ0v) is 18.7. The number of carbonyl (C=O) groups is 1. The second-order valence-electron chi connectivity index (χ2n) is 8.43. The first-order valence-corrected chi connectivity index (χ1v) is 11.1. The summed E-state index contributed by atoms with van der Waals surface area (Å²) in [5.41, 5.74) is -0.772. The van der Waals surface area contributed by atoms with Gasteiger partial charge in [-0.15, -0.1) is 0 Å². The molecule has 2 heterocycles. The average molecular weight is 491 g/mol. The quantitative estimate of drug-likeness (QED) is 0.489. The van der Waals surface area contributed by atoms with E-state index in [9.17, 15) is 32.7 Å². The predicted molar refractivity (Wildman–Crippen MR) is 122 cm³/mol. The summed E-state index contributed by atoms with van der Waals surface area (Å²) in [6, 6.07) is 7.58. The normalized spacial score (nSPS) is 14.6. The number of alkyl halides is 2. The van der Waals surface area contributed by atoms with E-state index in [1.54, 1.807) is 17.0 Å². The van der Waals surface area contributed by atoms with E-state index < -0.39 is 48.3 Å². The number of benzene rings is 2. The molecule has 1 N–H and O–H groups in total. The highest BCUT2D eigenvalue weighted by molar-refractivity contribution is 5.80. The van der Waals surface area contributed by atoms with Crippen molar-refractivity contribution in [3.63, 3.8) is 0 Å². The molecule has 0 bridgehead atoms. The highest BCUT2D eigenvalue weighted by Gasteiger charge is 2.26. The Hall–Kier alpha value is -3.76. The van der Waals surface area contributed by atoms with Crippen molar-refractivity contribution >= 4 is 17.3 Å². The second-order valence-corrected chi connectivity index (χ2v) is 8.43. The van der Waals surface area contributed by atoms with Crippen molar-refractivity contribution in [2.45, 2.75) is 31.5 Å². The molecule has 0 unspecified atom stereocenters. The molecule has 3 aromatic rings. The maximum absolute atomic E-state index is 14.9. The van der Waals surface area contributed by atoms with E-state index in [2.05, 4.69) is 0 Å². The van der Waals surface area contributed by atoms with E-state index in [-0.39, 0.29) is 23.2 Å². The largest absolute Gasteiger partial charge is 0.508 e. The van der Waals surface area contributed by atoms with E-state index in [0.29, 0.717) is 31.5 Å². The number of halogens is 3. The Kier molecular flexibility index (Phi) is 7.13. The van der Waals surface area contributed by atoms with Gasteiger partial charge in [0.05, 0.1) is 17.4 Å². The van der Waals surface area contributed by atoms with Gasteiger partial charge in [0.25, 0.3) is 5.56 Å². The molecular weight excluding hydrogens is 467 g/mol. The molecule has 0 radical (unpaired) electrons. The maximum Gasteiger partial charge on any atom is 0.332 e. The summed E-state index contributed by atoms with van der Waals surface area (Å²) < 4.78 is 48.3. The molecular formula is C24H24F3N3O5. The van der Waals surface area contributed by atoms with E-state index in [1.165, 1.54) is 16.7 Å². The molecule has 35 heavy (non-hydrogen) atoms. The predicted octanol–water partition coefficient (Wildman–Crippen LogP) is 2.54. The number of fused-ring (bicyclic) bond motifs is 1. The van der Waals surface area contributed by atoms with Crippen LogP contribution in [0.3, 0.4) is 0 Å². The van der Waals surface area contributed by atoms with Gasteiger partial charge in [-0.25, -0.2) is 18.0 Å². The Morgan fingerprint density at radius 3 is 2.34 bits per heavy atom. The number of phenols is 1. The number of aromatic hydroxyl groups is 1. The Labute approximate surface area is 197 Å². The van der Waals surface area contributed by atoms with Crippen LogP contribution in [0, 0.1) is 5.82 Å². The van der Waals surface area contributed by atoms with E-state index in [0.717, 1.165) is 23.1 Å². The van der Waals surface area contributed by atoms with Crippen molar-refractivity contribution in [3.05, 3.63) is 68.6 Å². The van der Waals surface area contributed by atoms with Crippen molar-refractivity contribution in [1.29, 1.82) is 0 Å². The van der Waals surface area contributed by atoms with Crippen LogP contribution in [-0.4, -0.2) is 58.1 Å². The lowest BCUT2D eigenvalue weighted by Crippen LogP contribution is -2.44. The number of ether oxygens (including phenoxy) is 1. The fourth-order valence-electron chi connectivity index (χ4n) is 4.28. The molecule has 0 aliphatic carbocycles. The van der Waals surface area contributed by atoms with Crippen molar-refractivity contribution in [2.24, 2.45) is 0 Å². The summed E-state index contributed by atoms with van der Waals surface area (Å²) in [6.45, 7) is -1.72. The van der Waals surface area contributed by atoms with Crippen LogP contribution in [0.15, 0.2) is 46.0 Å². The first-order chi connectivity index (χ1) is 16.9. The minimum atomic E-state index is -1.53. The highest BCUT2D eigenvalue weighted by atomic mass is 19.1. The van der Waals surface area contributed by atoms with Gasteiger partial charge in [0.15, 0.2) is 17.7 Å². The number of rotatable bonds is 8. The van der Waals surface area contributed by atoms with Crippen molar-refractivity contribution in [2.75, 3.05) is 26.4 Å². The fourth-order valence-corrected chi connectivity index (χ4v) is 4.28. The van der Waals surface area contributed by atoms with E-state index in [4.69, 9.17) is 4.74 Å². The zero-order valence-electron chi connectivity index (χ0n) is 18.7. The van der Waals surface area contributed by atoms with Crippen LogP contribution in [-0.2, 0) is 11.3 Å². The number of amides is 1. The van der Waals surface area contributed by atoms with E-state index in [1.807, 2.05) is 0 Å². The van der Waals surface area contributed by atoms with E-state index >= 15 is 0 Å². The molecule has 11 heteroatoms. The summed E-state index contributed by atoms with van der Waals surface area (Å²) in [5.74, 6) is -1.43. The van der Waals surface area contributed by atoms with Crippen molar-refractivity contribution < 1.29 is 27.8 Å². The number of phenolic OH excluding ortho intramolecular Hbond substituents is 1. The summed E-state index contributed by atoms with van der Waals surface area (Å²) in [7, 11) is 0. The summed E-state index contributed by atoms with van der Waals surface area (Å²) in [6.07, 6.45) is 0.0195. The summed E-state index contributed by atoms with van der Waals surface area (Å²) in [4.78, 5) is 39.6. The fraction of sp³-hybridized carbons (Fsp3) is 0.375. The molecule has 0 spiro atoms. The van der Waals surface area contributed by atoms with Crippen LogP contribution in [0.1, 0.15) is 24.4 Å². The third kappa shape index (κ3) is 4.89. The Balaban J connectivity index is 1.89. The molecule has 1 amide bonds. The van der Waals surface area contributed by atoms with Crippen LogP contribution in [0.4, 0.5) is 13.2 Å². The average Bonchev–Trinajstić information content (AvgIpc) is 2.87. The number of nitrogens with zero attached hydrogens (tertiary/aromatic N) is 3. The summed E-state index contributed by atoms with van der Waals surface area (Å²) in [5, 5.41) is 9.49. The molecule has 8 nitrogen and oxygen atoms in total. The monoisotopic (exact) mass is 491 g/mol. The minimum Gasteiger partial charge on any atom is -0.508 e. The molecule has 186 valence electrons. The third-order valence-corrected chi connectivity index (χ3v) is 6.15. The number of likely N-dealkylation sites (tertiary alicyclic amines) is 1. The maximum atomic E-state index is 14.9. The van der Waals surface area contributed by atoms with Crippen molar-refractivity contribution in [1.82, 2.24) is 14.0 Å². The Morgan fingerprint density at radius 2 is 1.74 bits per heavy atom. The number of hydrogen-bond donors (Lipinski definition) is 1. The lowest BCUT2D eigenvalue weighted by atomic mass is 10.0. The van der Waals surface area contributed by atoms with Gasteiger partial charge in [0.2, 0.25) is 6.41 Å². The van der Waals surface area contributed by atoms with Crippen molar-refractivity contribution in [3.8, 4) is 11.5 Å². The SMILES string of the molecule is O=CN1CCC(n2c(=O)n(Cc3ccc(O)cc3)c(=O)c3cc(OC(CF)CF)c(F)cc32)CC1.